The number of hydrogen-bond donors (Lipinski definition) is 1. The molecule has 1 amide bonds. The first-order valence-electron chi connectivity index (χ1n) is 7.18. The van der Waals surface area contributed by atoms with Crippen LogP contribution in [0.25, 0.3) is 0 Å². The lowest BCUT2D eigenvalue weighted by atomic mass is 9.99. The Balaban J connectivity index is 0.000000199. The molecule has 106 valence electrons. The summed E-state index contributed by atoms with van der Waals surface area (Å²) in [6, 6.07) is 0. The molecule has 2 fully saturated rings. The van der Waals surface area contributed by atoms with E-state index in [9.17, 15) is 4.79 Å². The smallest absolute Gasteiger partial charge is 0.237 e. The third-order valence-electron chi connectivity index (χ3n) is 3.88. The van der Waals surface area contributed by atoms with Gasteiger partial charge in [0, 0.05) is 13.1 Å². The maximum absolute atomic E-state index is 11.1. The minimum Gasteiger partial charge on any atom is -0.342 e. The summed E-state index contributed by atoms with van der Waals surface area (Å²) in [5, 5.41) is 3.32. The Hall–Kier alpha value is -0.280. The largest absolute Gasteiger partial charge is 0.342 e. The van der Waals surface area contributed by atoms with Crippen molar-refractivity contribution in [3.63, 3.8) is 0 Å². The van der Waals surface area contributed by atoms with Gasteiger partial charge in [-0.05, 0) is 50.6 Å². The molecule has 0 radical (unpaired) electrons. The molecule has 0 aromatic rings. The topological polar surface area (TPSA) is 32.3 Å². The Morgan fingerprint density at radius 2 is 1.61 bits per heavy atom. The molecule has 2 rings (SSSR count). The maximum Gasteiger partial charge on any atom is 0.237 e. The number of nitrogens with zero attached hydrogens (tertiary/aromatic N) is 1. The second-order valence-corrected chi connectivity index (χ2v) is 5.90. The van der Waals surface area contributed by atoms with E-state index in [2.05, 4.69) is 19.2 Å². The van der Waals surface area contributed by atoms with Crippen molar-refractivity contribution < 1.29 is 4.79 Å². The van der Waals surface area contributed by atoms with Gasteiger partial charge in [-0.1, -0.05) is 13.8 Å². The van der Waals surface area contributed by atoms with Crippen LogP contribution in [-0.4, -0.2) is 42.9 Å². The van der Waals surface area contributed by atoms with E-state index in [1.54, 1.807) is 0 Å². The molecule has 0 bridgehead atoms. The van der Waals surface area contributed by atoms with Crippen LogP contribution in [0.15, 0.2) is 0 Å². The zero-order valence-electron chi connectivity index (χ0n) is 11.8. The van der Waals surface area contributed by atoms with Gasteiger partial charge in [-0.2, -0.15) is 0 Å². The van der Waals surface area contributed by atoms with Gasteiger partial charge in [-0.15, -0.1) is 11.6 Å². The molecule has 0 unspecified atom stereocenters. The van der Waals surface area contributed by atoms with E-state index >= 15 is 0 Å². The molecule has 0 saturated carbocycles. The fraction of sp³-hybridized carbons (Fsp3) is 0.929. The number of alkyl halides is 1. The lowest BCUT2D eigenvalue weighted by Gasteiger charge is -2.29. The molecular formula is C14H27ClN2O. The highest BCUT2D eigenvalue weighted by Gasteiger charge is 2.18. The van der Waals surface area contributed by atoms with E-state index in [0.717, 1.165) is 37.8 Å². The number of hydrogen-bond acceptors (Lipinski definition) is 2. The predicted octanol–water partition coefficient (Wildman–Crippen LogP) is 2.49. The second-order valence-electron chi connectivity index (χ2n) is 5.63. The van der Waals surface area contributed by atoms with Crippen molar-refractivity contribution in [1.29, 1.82) is 0 Å². The van der Waals surface area contributed by atoms with E-state index in [0.29, 0.717) is 0 Å². The summed E-state index contributed by atoms with van der Waals surface area (Å²) >= 11 is 5.43. The summed E-state index contributed by atoms with van der Waals surface area (Å²) in [6.45, 7) is 8.81. The molecule has 2 aliphatic rings. The number of piperidine rings is 2. The minimum absolute atomic E-state index is 0.0820. The Labute approximate surface area is 116 Å². The average molecular weight is 275 g/mol. The van der Waals surface area contributed by atoms with Crippen LogP contribution in [0.5, 0.6) is 0 Å². The van der Waals surface area contributed by atoms with Gasteiger partial charge in [0.2, 0.25) is 5.91 Å². The van der Waals surface area contributed by atoms with Crippen molar-refractivity contribution in [1.82, 2.24) is 10.2 Å². The Kier molecular flexibility index (Phi) is 7.68. The average Bonchev–Trinajstić information content (AvgIpc) is 2.40. The number of nitrogens with one attached hydrogen (secondary N) is 1. The Bertz CT molecular complexity index is 234. The van der Waals surface area contributed by atoms with Crippen molar-refractivity contribution in [2.75, 3.05) is 32.1 Å². The highest BCUT2D eigenvalue weighted by atomic mass is 35.5. The standard InChI is InChI=1S/C8H14ClNO.C6H13N/c1-7-2-4-10(5-3-7)8(11)6-9;1-6-2-4-7-5-3-6/h7H,2-6H2,1H3;6-7H,2-5H2,1H3. The molecule has 2 saturated heterocycles. The number of rotatable bonds is 1. The van der Waals surface area contributed by atoms with Crippen LogP contribution in [0.1, 0.15) is 39.5 Å². The SMILES string of the molecule is CC1CCN(C(=O)CCl)CC1.CC1CCNCC1. The van der Waals surface area contributed by atoms with Gasteiger partial charge in [-0.3, -0.25) is 4.79 Å². The number of carbonyl (C=O) groups excluding carboxylic acids is 1. The predicted molar refractivity (Wildman–Crippen MR) is 77.0 cm³/mol. The zero-order valence-corrected chi connectivity index (χ0v) is 12.5. The van der Waals surface area contributed by atoms with Crippen LogP contribution >= 0.6 is 11.6 Å². The fourth-order valence-corrected chi connectivity index (χ4v) is 2.48. The summed E-state index contributed by atoms with van der Waals surface area (Å²) < 4.78 is 0. The number of halogens is 1. The summed E-state index contributed by atoms with van der Waals surface area (Å²) in [4.78, 5) is 12.9. The molecule has 4 heteroatoms. The van der Waals surface area contributed by atoms with Crippen LogP contribution in [0, 0.1) is 11.8 Å². The molecule has 0 aromatic carbocycles. The molecule has 3 nitrogen and oxygen atoms in total. The Morgan fingerprint density at radius 1 is 1.11 bits per heavy atom. The minimum atomic E-state index is 0.0820. The van der Waals surface area contributed by atoms with Crippen LogP contribution in [0.2, 0.25) is 0 Å². The van der Waals surface area contributed by atoms with Gasteiger partial charge in [0.1, 0.15) is 5.88 Å². The normalized spacial score (nSPS) is 22.3. The van der Waals surface area contributed by atoms with Gasteiger partial charge in [-0.25, -0.2) is 0 Å². The van der Waals surface area contributed by atoms with Crippen molar-refractivity contribution in [3.8, 4) is 0 Å². The van der Waals surface area contributed by atoms with E-state index in [4.69, 9.17) is 11.6 Å². The third-order valence-corrected chi connectivity index (χ3v) is 4.11. The first-order valence-corrected chi connectivity index (χ1v) is 7.71. The molecule has 2 aliphatic heterocycles. The molecule has 0 spiro atoms. The van der Waals surface area contributed by atoms with Gasteiger partial charge in [0.05, 0.1) is 0 Å². The van der Waals surface area contributed by atoms with Crippen molar-refractivity contribution >= 4 is 17.5 Å². The van der Waals surface area contributed by atoms with Crippen LogP contribution in [0.3, 0.4) is 0 Å². The van der Waals surface area contributed by atoms with E-state index < -0.39 is 0 Å². The summed E-state index contributed by atoms with van der Waals surface area (Å²) in [5.41, 5.74) is 0. The molecule has 0 atom stereocenters. The lowest BCUT2D eigenvalue weighted by Crippen LogP contribution is -2.38. The summed E-state index contributed by atoms with van der Waals surface area (Å²) in [5.74, 6) is 1.96. The lowest BCUT2D eigenvalue weighted by molar-refractivity contribution is -0.129. The first-order chi connectivity index (χ1) is 8.63. The second kappa shape index (κ2) is 8.76. The molecule has 2 heterocycles. The quantitative estimate of drug-likeness (QED) is 0.745. The molecule has 1 N–H and O–H groups in total. The number of carbonyl (C=O) groups is 1. The molecular weight excluding hydrogens is 248 g/mol. The zero-order chi connectivity index (χ0) is 13.4. The van der Waals surface area contributed by atoms with Gasteiger partial charge >= 0.3 is 0 Å². The monoisotopic (exact) mass is 274 g/mol. The van der Waals surface area contributed by atoms with E-state index in [-0.39, 0.29) is 11.8 Å². The highest BCUT2D eigenvalue weighted by molar-refractivity contribution is 6.27. The summed E-state index contributed by atoms with van der Waals surface area (Å²) in [7, 11) is 0. The van der Waals surface area contributed by atoms with Gasteiger partial charge in [0.15, 0.2) is 0 Å². The first kappa shape index (κ1) is 15.8. The number of amides is 1. The molecule has 0 aliphatic carbocycles. The Morgan fingerprint density at radius 3 is 2.00 bits per heavy atom. The van der Waals surface area contributed by atoms with Crippen molar-refractivity contribution in [3.05, 3.63) is 0 Å². The number of likely N-dealkylation sites (tertiary alicyclic amines) is 1. The highest BCUT2D eigenvalue weighted by Crippen LogP contribution is 2.15. The van der Waals surface area contributed by atoms with Crippen LogP contribution in [0.4, 0.5) is 0 Å². The van der Waals surface area contributed by atoms with Crippen molar-refractivity contribution in [2.24, 2.45) is 11.8 Å². The fourth-order valence-electron chi connectivity index (χ4n) is 2.31. The van der Waals surface area contributed by atoms with Gasteiger partial charge in [0.25, 0.3) is 0 Å². The van der Waals surface area contributed by atoms with Crippen LogP contribution in [-0.2, 0) is 4.79 Å². The molecule has 18 heavy (non-hydrogen) atoms. The van der Waals surface area contributed by atoms with E-state index in [1.165, 1.54) is 25.9 Å². The van der Waals surface area contributed by atoms with Gasteiger partial charge < -0.3 is 10.2 Å². The van der Waals surface area contributed by atoms with E-state index in [1.807, 2.05) is 4.90 Å². The maximum atomic E-state index is 11.1. The van der Waals surface area contributed by atoms with Crippen molar-refractivity contribution in [2.45, 2.75) is 39.5 Å². The van der Waals surface area contributed by atoms with Crippen LogP contribution < -0.4 is 5.32 Å². The summed E-state index contributed by atoms with van der Waals surface area (Å²) in [6.07, 6.45) is 5.01. The molecule has 0 aromatic heterocycles. The third kappa shape index (κ3) is 6.05.